The molecule has 0 aliphatic heterocycles. The summed E-state index contributed by atoms with van der Waals surface area (Å²) in [5.41, 5.74) is 1.08. The summed E-state index contributed by atoms with van der Waals surface area (Å²) in [6, 6.07) is 2.49. The number of carbonyl (C=O) groups excluding carboxylic acids is 1. The van der Waals surface area contributed by atoms with Gasteiger partial charge in [-0.1, -0.05) is 25.0 Å². The number of carbonyl (C=O) groups is 1. The van der Waals surface area contributed by atoms with Crippen LogP contribution >= 0.6 is 0 Å². The van der Waals surface area contributed by atoms with Crippen LogP contribution in [0.15, 0.2) is 11.6 Å². The van der Waals surface area contributed by atoms with Crippen LogP contribution in [0.4, 0.5) is 0 Å². The van der Waals surface area contributed by atoms with Crippen LogP contribution in [0.5, 0.6) is 0 Å². The summed E-state index contributed by atoms with van der Waals surface area (Å²) in [6.45, 7) is 6.61. The summed E-state index contributed by atoms with van der Waals surface area (Å²) in [5, 5.41) is 18.6. The van der Waals surface area contributed by atoms with Crippen LogP contribution < -0.4 is 0 Å². The Kier molecular flexibility index (Phi) is 5.23. The quantitative estimate of drug-likeness (QED) is 0.597. The number of esters is 1. The number of nitriles is 1. The third-order valence-electron chi connectivity index (χ3n) is 8.00. The molecule has 0 unspecified atom stereocenters. The van der Waals surface area contributed by atoms with Crippen LogP contribution in [0.2, 0.25) is 0 Å². The Morgan fingerprint density at radius 1 is 1.35 bits per heavy atom. The van der Waals surface area contributed by atoms with Gasteiger partial charge >= 0.3 is 5.97 Å². The minimum atomic E-state index is -0.475. The summed E-state index contributed by atoms with van der Waals surface area (Å²) in [4.78, 5) is 12.9. The lowest BCUT2D eigenvalue weighted by atomic mass is 9.40. The van der Waals surface area contributed by atoms with Crippen LogP contribution in [0.1, 0.15) is 72.1 Å². The maximum Gasteiger partial charge on any atom is 0.312 e. The number of aliphatic hydroxyl groups excluding tert-OH is 1. The van der Waals surface area contributed by atoms with Crippen LogP contribution in [-0.2, 0) is 9.53 Å². The van der Waals surface area contributed by atoms with Crippen molar-refractivity contribution in [3.63, 3.8) is 0 Å². The predicted molar refractivity (Wildman–Crippen MR) is 100.0 cm³/mol. The minimum Gasteiger partial charge on any atom is -0.463 e. The van der Waals surface area contributed by atoms with Crippen LogP contribution in [0, 0.1) is 39.4 Å². The number of fused-ring (bicyclic) bond motifs is 3. The van der Waals surface area contributed by atoms with E-state index in [-0.39, 0.29) is 30.0 Å². The highest BCUT2D eigenvalue weighted by atomic mass is 16.5. The first-order valence-corrected chi connectivity index (χ1v) is 10.1. The lowest BCUT2D eigenvalue weighted by Crippen LogP contribution is -2.58. The van der Waals surface area contributed by atoms with Crippen LogP contribution in [0.25, 0.3) is 0 Å². The molecule has 3 aliphatic carbocycles. The van der Waals surface area contributed by atoms with E-state index in [4.69, 9.17) is 9.84 Å². The molecular weight excluding hydrogens is 326 g/mol. The molecule has 1 N–H and O–H groups in total. The molecule has 0 aromatic heterocycles. The van der Waals surface area contributed by atoms with Gasteiger partial charge in [-0.05, 0) is 75.0 Å². The normalized spacial score (nSPS) is 42.0. The topological polar surface area (TPSA) is 70.3 Å². The van der Waals surface area contributed by atoms with Crippen molar-refractivity contribution in [3.8, 4) is 6.07 Å². The SMILES string of the molecule is CC1=CC[C@@H]2[C@](CC#N)(CC[C@H]3[C@@]2(C)CCC[C@@]3(C)C(=O)OCCO)C1. The first kappa shape index (κ1) is 19.4. The van der Waals surface area contributed by atoms with Gasteiger partial charge in [0.25, 0.3) is 0 Å². The summed E-state index contributed by atoms with van der Waals surface area (Å²) in [7, 11) is 0. The zero-order valence-corrected chi connectivity index (χ0v) is 16.5. The maximum atomic E-state index is 12.9. The van der Waals surface area contributed by atoms with Gasteiger partial charge in [0.1, 0.15) is 6.61 Å². The second-order valence-electron chi connectivity index (χ2n) is 9.44. The van der Waals surface area contributed by atoms with E-state index in [0.29, 0.717) is 18.3 Å². The summed E-state index contributed by atoms with van der Waals surface area (Å²) < 4.78 is 5.40. The average Bonchev–Trinajstić information content (AvgIpc) is 2.59. The standard InChI is InChI=1S/C22H33NO3/c1-16-5-6-18-20(2)8-4-9-21(3,19(25)26-14-13-24)17(20)7-10-22(18,15-16)11-12-23/h5,17-18,24H,4,6-11,13-15H2,1-3H3/t17-,18-,20+,21+,22-/m0/s1. The van der Waals surface area contributed by atoms with Crippen molar-refractivity contribution in [1.29, 1.82) is 5.26 Å². The number of aliphatic hydroxyl groups is 1. The second kappa shape index (κ2) is 7.00. The molecule has 0 heterocycles. The molecule has 5 atom stereocenters. The maximum absolute atomic E-state index is 12.9. The molecule has 2 fully saturated rings. The summed E-state index contributed by atoms with van der Waals surface area (Å²) in [5.74, 6) is 0.610. The van der Waals surface area contributed by atoms with E-state index in [2.05, 4.69) is 32.9 Å². The zero-order valence-electron chi connectivity index (χ0n) is 16.5. The highest BCUT2D eigenvalue weighted by Crippen LogP contribution is 2.68. The molecule has 0 aromatic rings. The molecule has 0 radical (unpaired) electrons. The molecule has 0 bridgehead atoms. The lowest BCUT2D eigenvalue weighted by Gasteiger charge is -2.63. The third kappa shape index (κ3) is 2.89. The monoisotopic (exact) mass is 359 g/mol. The van der Waals surface area contributed by atoms with Gasteiger partial charge in [-0.15, -0.1) is 0 Å². The Morgan fingerprint density at radius 3 is 2.81 bits per heavy atom. The highest BCUT2D eigenvalue weighted by Gasteiger charge is 2.62. The Morgan fingerprint density at radius 2 is 2.12 bits per heavy atom. The van der Waals surface area contributed by atoms with Crippen molar-refractivity contribution in [2.45, 2.75) is 72.1 Å². The molecule has 4 heteroatoms. The van der Waals surface area contributed by atoms with E-state index in [1.807, 2.05) is 0 Å². The van der Waals surface area contributed by atoms with Crippen LogP contribution in [0.3, 0.4) is 0 Å². The number of rotatable bonds is 4. The predicted octanol–water partition coefficient (Wildman–Crippen LogP) is 4.38. The fourth-order valence-corrected chi connectivity index (χ4v) is 6.94. The van der Waals surface area contributed by atoms with Crippen molar-refractivity contribution < 1.29 is 14.6 Å². The van der Waals surface area contributed by atoms with E-state index < -0.39 is 5.41 Å². The average molecular weight is 360 g/mol. The molecule has 3 aliphatic rings. The first-order valence-electron chi connectivity index (χ1n) is 10.1. The Hall–Kier alpha value is -1.34. The number of nitrogens with zero attached hydrogens (tertiary/aromatic N) is 1. The van der Waals surface area contributed by atoms with Gasteiger partial charge in [0.15, 0.2) is 0 Å². The van der Waals surface area contributed by atoms with E-state index in [1.54, 1.807) is 0 Å². The number of ether oxygens (including phenoxy) is 1. The van der Waals surface area contributed by atoms with Crippen LogP contribution in [-0.4, -0.2) is 24.3 Å². The first-order chi connectivity index (χ1) is 12.3. The van der Waals surface area contributed by atoms with E-state index in [9.17, 15) is 10.1 Å². The van der Waals surface area contributed by atoms with Crippen molar-refractivity contribution in [3.05, 3.63) is 11.6 Å². The molecule has 0 aromatic carbocycles. The highest BCUT2D eigenvalue weighted by molar-refractivity contribution is 5.77. The van der Waals surface area contributed by atoms with Crippen molar-refractivity contribution in [1.82, 2.24) is 0 Å². The van der Waals surface area contributed by atoms with Gasteiger partial charge in [0.2, 0.25) is 0 Å². The molecule has 26 heavy (non-hydrogen) atoms. The third-order valence-corrected chi connectivity index (χ3v) is 8.00. The van der Waals surface area contributed by atoms with Crippen molar-refractivity contribution in [2.75, 3.05) is 13.2 Å². The Bertz CT molecular complexity index is 636. The molecule has 0 amide bonds. The van der Waals surface area contributed by atoms with Gasteiger partial charge in [0.05, 0.1) is 18.1 Å². The van der Waals surface area contributed by atoms with E-state index >= 15 is 0 Å². The Balaban J connectivity index is 1.96. The molecule has 144 valence electrons. The van der Waals surface area contributed by atoms with E-state index in [0.717, 1.165) is 44.9 Å². The summed E-state index contributed by atoms with van der Waals surface area (Å²) >= 11 is 0. The largest absolute Gasteiger partial charge is 0.463 e. The van der Waals surface area contributed by atoms with Crippen molar-refractivity contribution >= 4 is 5.97 Å². The molecule has 0 saturated heterocycles. The van der Waals surface area contributed by atoms with Crippen molar-refractivity contribution in [2.24, 2.45) is 28.1 Å². The number of allylic oxidation sites excluding steroid dienone is 2. The smallest absolute Gasteiger partial charge is 0.312 e. The van der Waals surface area contributed by atoms with Gasteiger partial charge < -0.3 is 9.84 Å². The zero-order chi connectivity index (χ0) is 19.0. The molecule has 2 saturated carbocycles. The fourth-order valence-electron chi connectivity index (χ4n) is 6.94. The number of hydrogen-bond donors (Lipinski definition) is 1. The molecule has 0 spiro atoms. The fraction of sp³-hybridized carbons (Fsp3) is 0.818. The molecule has 4 nitrogen and oxygen atoms in total. The second-order valence-corrected chi connectivity index (χ2v) is 9.44. The molecule has 3 rings (SSSR count). The minimum absolute atomic E-state index is 0.0670. The van der Waals surface area contributed by atoms with E-state index in [1.165, 1.54) is 5.57 Å². The van der Waals surface area contributed by atoms with Gasteiger partial charge in [-0.25, -0.2) is 0 Å². The lowest BCUT2D eigenvalue weighted by molar-refractivity contribution is -0.184. The van der Waals surface area contributed by atoms with Gasteiger partial charge in [0, 0.05) is 6.42 Å². The van der Waals surface area contributed by atoms with Gasteiger partial charge in [-0.3, -0.25) is 4.79 Å². The number of hydrogen-bond acceptors (Lipinski definition) is 4. The Labute approximate surface area is 157 Å². The van der Waals surface area contributed by atoms with Gasteiger partial charge in [-0.2, -0.15) is 5.26 Å². The summed E-state index contributed by atoms with van der Waals surface area (Å²) in [6.07, 6.45) is 10.1. The molecular formula is C22H33NO3.